The monoisotopic (exact) mass is 171 g/mol. The summed E-state index contributed by atoms with van der Waals surface area (Å²) < 4.78 is 23.8. The third kappa shape index (κ3) is 2.58. The lowest BCUT2D eigenvalue weighted by Gasteiger charge is -2.02. The maximum Gasteiger partial charge on any atom is 0.242 e. The quantitative estimate of drug-likeness (QED) is 0.739. The SMILES string of the molecule is NCc1cccc(CC(F)F)c1. The minimum atomic E-state index is -2.28. The van der Waals surface area contributed by atoms with Gasteiger partial charge in [-0.2, -0.15) is 0 Å². The van der Waals surface area contributed by atoms with Crippen LogP contribution in [0.3, 0.4) is 0 Å². The summed E-state index contributed by atoms with van der Waals surface area (Å²) in [6.45, 7) is 0.400. The standard InChI is InChI=1S/C9H11F2N/c10-9(11)5-7-2-1-3-8(4-7)6-12/h1-4,9H,5-6,12H2. The molecule has 0 saturated carbocycles. The molecule has 0 aromatic heterocycles. The number of hydrogen-bond acceptors (Lipinski definition) is 1. The summed E-state index contributed by atoms with van der Waals surface area (Å²) in [4.78, 5) is 0. The average Bonchev–Trinajstić information content (AvgIpc) is 2.03. The molecule has 1 aromatic carbocycles. The molecule has 0 radical (unpaired) electrons. The van der Waals surface area contributed by atoms with E-state index in [4.69, 9.17) is 5.73 Å². The minimum Gasteiger partial charge on any atom is -0.326 e. The molecule has 0 saturated heterocycles. The molecular formula is C9H11F2N. The molecule has 12 heavy (non-hydrogen) atoms. The van der Waals surface area contributed by atoms with Crippen molar-refractivity contribution in [1.82, 2.24) is 0 Å². The fourth-order valence-electron chi connectivity index (χ4n) is 1.06. The first-order valence-corrected chi connectivity index (χ1v) is 3.78. The van der Waals surface area contributed by atoms with E-state index < -0.39 is 6.43 Å². The normalized spacial score (nSPS) is 10.7. The van der Waals surface area contributed by atoms with Gasteiger partial charge in [-0.05, 0) is 11.1 Å². The molecule has 0 amide bonds. The van der Waals surface area contributed by atoms with Gasteiger partial charge in [0.2, 0.25) is 6.43 Å². The van der Waals surface area contributed by atoms with Crippen LogP contribution in [0.25, 0.3) is 0 Å². The van der Waals surface area contributed by atoms with Crippen LogP contribution in [0.2, 0.25) is 0 Å². The summed E-state index contributed by atoms with van der Waals surface area (Å²) in [6, 6.07) is 6.98. The summed E-state index contributed by atoms with van der Waals surface area (Å²) in [5, 5.41) is 0. The number of halogens is 2. The maximum atomic E-state index is 11.9. The molecule has 0 heterocycles. The zero-order valence-corrected chi connectivity index (χ0v) is 6.63. The van der Waals surface area contributed by atoms with Crippen LogP contribution in [0, 0.1) is 0 Å². The Balaban J connectivity index is 2.72. The van der Waals surface area contributed by atoms with E-state index >= 15 is 0 Å². The number of benzene rings is 1. The number of alkyl halides is 2. The van der Waals surface area contributed by atoms with Gasteiger partial charge in [-0.25, -0.2) is 8.78 Å². The highest BCUT2D eigenvalue weighted by Crippen LogP contribution is 2.09. The Kier molecular flexibility index (Phi) is 3.17. The van der Waals surface area contributed by atoms with Gasteiger partial charge in [0.15, 0.2) is 0 Å². The molecule has 0 aliphatic carbocycles. The smallest absolute Gasteiger partial charge is 0.242 e. The van der Waals surface area contributed by atoms with Gasteiger partial charge in [-0.1, -0.05) is 24.3 Å². The first kappa shape index (κ1) is 9.13. The van der Waals surface area contributed by atoms with Crippen LogP contribution in [0.4, 0.5) is 8.78 Å². The van der Waals surface area contributed by atoms with Crippen LogP contribution in [-0.4, -0.2) is 6.43 Å². The Morgan fingerprint density at radius 2 is 1.92 bits per heavy atom. The molecule has 3 heteroatoms. The van der Waals surface area contributed by atoms with E-state index in [1.54, 1.807) is 18.2 Å². The van der Waals surface area contributed by atoms with Crippen molar-refractivity contribution in [1.29, 1.82) is 0 Å². The van der Waals surface area contributed by atoms with Gasteiger partial charge < -0.3 is 5.73 Å². The molecule has 0 bridgehead atoms. The first-order chi connectivity index (χ1) is 5.72. The Hall–Kier alpha value is -0.960. The third-order valence-corrected chi connectivity index (χ3v) is 1.62. The van der Waals surface area contributed by atoms with Crippen LogP contribution in [0.15, 0.2) is 24.3 Å². The first-order valence-electron chi connectivity index (χ1n) is 3.78. The van der Waals surface area contributed by atoms with Crippen molar-refractivity contribution in [2.45, 2.75) is 19.4 Å². The fourth-order valence-corrected chi connectivity index (χ4v) is 1.06. The van der Waals surface area contributed by atoms with E-state index in [1.807, 2.05) is 6.07 Å². The molecule has 1 aromatic rings. The van der Waals surface area contributed by atoms with Gasteiger partial charge in [-0.15, -0.1) is 0 Å². The lowest BCUT2D eigenvalue weighted by molar-refractivity contribution is 0.149. The lowest BCUT2D eigenvalue weighted by atomic mass is 10.1. The van der Waals surface area contributed by atoms with Gasteiger partial charge in [0, 0.05) is 13.0 Å². The summed E-state index contributed by atoms with van der Waals surface area (Å²) in [6.07, 6.45) is -2.47. The van der Waals surface area contributed by atoms with Crippen molar-refractivity contribution in [2.24, 2.45) is 5.73 Å². The van der Waals surface area contributed by atoms with Crippen LogP contribution in [0.1, 0.15) is 11.1 Å². The Labute approximate surface area is 70.2 Å². The van der Waals surface area contributed by atoms with Gasteiger partial charge >= 0.3 is 0 Å². The average molecular weight is 171 g/mol. The van der Waals surface area contributed by atoms with E-state index in [2.05, 4.69) is 0 Å². The highest BCUT2D eigenvalue weighted by molar-refractivity contribution is 5.23. The Morgan fingerprint density at radius 3 is 2.50 bits per heavy atom. The number of hydrogen-bond donors (Lipinski definition) is 1. The maximum absolute atomic E-state index is 11.9. The van der Waals surface area contributed by atoms with Crippen molar-refractivity contribution >= 4 is 0 Å². The van der Waals surface area contributed by atoms with Crippen molar-refractivity contribution in [3.05, 3.63) is 35.4 Å². The molecular weight excluding hydrogens is 160 g/mol. The van der Waals surface area contributed by atoms with Crippen LogP contribution in [-0.2, 0) is 13.0 Å². The summed E-state index contributed by atoms with van der Waals surface area (Å²) in [7, 11) is 0. The lowest BCUT2D eigenvalue weighted by Crippen LogP contribution is -2.00. The molecule has 0 aliphatic rings. The van der Waals surface area contributed by atoms with E-state index in [-0.39, 0.29) is 6.42 Å². The molecule has 0 aliphatic heterocycles. The topological polar surface area (TPSA) is 26.0 Å². The Morgan fingerprint density at radius 1 is 1.25 bits per heavy atom. The molecule has 0 fully saturated rings. The van der Waals surface area contributed by atoms with Crippen LogP contribution >= 0.6 is 0 Å². The second kappa shape index (κ2) is 4.16. The molecule has 2 N–H and O–H groups in total. The highest BCUT2D eigenvalue weighted by Gasteiger charge is 2.03. The zero-order chi connectivity index (χ0) is 8.97. The van der Waals surface area contributed by atoms with Crippen molar-refractivity contribution < 1.29 is 8.78 Å². The van der Waals surface area contributed by atoms with Gasteiger partial charge in [0.25, 0.3) is 0 Å². The minimum absolute atomic E-state index is 0.187. The molecule has 0 unspecified atom stereocenters. The van der Waals surface area contributed by atoms with E-state index in [1.165, 1.54) is 0 Å². The summed E-state index contributed by atoms with van der Waals surface area (Å²) >= 11 is 0. The third-order valence-electron chi connectivity index (χ3n) is 1.62. The highest BCUT2D eigenvalue weighted by atomic mass is 19.3. The second-order valence-electron chi connectivity index (χ2n) is 2.62. The molecule has 66 valence electrons. The molecule has 1 rings (SSSR count). The van der Waals surface area contributed by atoms with Gasteiger partial charge in [-0.3, -0.25) is 0 Å². The van der Waals surface area contributed by atoms with E-state index in [0.29, 0.717) is 12.1 Å². The Bertz CT molecular complexity index is 248. The predicted molar refractivity (Wildman–Crippen MR) is 44.0 cm³/mol. The van der Waals surface area contributed by atoms with Gasteiger partial charge in [0.05, 0.1) is 0 Å². The number of rotatable bonds is 3. The second-order valence-corrected chi connectivity index (χ2v) is 2.62. The molecule has 1 nitrogen and oxygen atoms in total. The summed E-state index contributed by atoms with van der Waals surface area (Å²) in [5.41, 5.74) is 6.90. The van der Waals surface area contributed by atoms with E-state index in [9.17, 15) is 8.78 Å². The molecule has 0 spiro atoms. The van der Waals surface area contributed by atoms with Gasteiger partial charge in [0.1, 0.15) is 0 Å². The fraction of sp³-hybridized carbons (Fsp3) is 0.333. The molecule has 0 atom stereocenters. The predicted octanol–water partition coefficient (Wildman–Crippen LogP) is 1.95. The van der Waals surface area contributed by atoms with E-state index in [0.717, 1.165) is 5.56 Å². The largest absolute Gasteiger partial charge is 0.326 e. The van der Waals surface area contributed by atoms with Crippen molar-refractivity contribution in [3.63, 3.8) is 0 Å². The van der Waals surface area contributed by atoms with Crippen molar-refractivity contribution in [3.8, 4) is 0 Å². The van der Waals surface area contributed by atoms with Crippen molar-refractivity contribution in [2.75, 3.05) is 0 Å². The summed E-state index contributed by atoms with van der Waals surface area (Å²) in [5.74, 6) is 0. The van der Waals surface area contributed by atoms with Crippen LogP contribution < -0.4 is 5.73 Å². The number of nitrogens with two attached hydrogens (primary N) is 1. The zero-order valence-electron chi connectivity index (χ0n) is 6.63. The van der Waals surface area contributed by atoms with Crippen LogP contribution in [0.5, 0.6) is 0 Å².